The van der Waals surface area contributed by atoms with E-state index in [1.165, 1.54) is 5.57 Å². The molecule has 0 saturated heterocycles. The molecule has 1 aromatic carbocycles. The first-order chi connectivity index (χ1) is 7.45. The molecule has 0 amide bonds. The van der Waals surface area contributed by atoms with Crippen molar-refractivity contribution in [1.82, 2.24) is 0 Å². The molecular formula is C14H13O+. The van der Waals surface area contributed by atoms with Gasteiger partial charge in [-0.1, -0.05) is 18.2 Å². The van der Waals surface area contributed by atoms with E-state index in [-0.39, 0.29) is 0 Å². The first-order valence-corrected chi connectivity index (χ1v) is 5.01. The maximum atomic E-state index is 5.55. The Labute approximate surface area is 90.4 Å². The molecule has 0 N–H and O–H groups in total. The van der Waals surface area contributed by atoms with Crippen molar-refractivity contribution in [3.8, 4) is 5.75 Å². The van der Waals surface area contributed by atoms with Crippen LogP contribution in [-0.2, 0) is 0 Å². The van der Waals surface area contributed by atoms with E-state index in [0.29, 0.717) is 6.61 Å². The highest BCUT2D eigenvalue weighted by Gasteiger charge is 2.01. The number of para-hydroxylation sites is 1. The van der Waals surface area contributed by atoms with E-state index in [9.17, 15) is 0 Å². The lowest BCUT2D eigenvalue weighted by atomic mass is 10.1. The van der Waals surface area contributed by atoms with Gasteiger partial charge in [0.15, 0.2) is 0 Å². The summed E-state index contributed by atoms with van der Waals surface area (Å²) in [6, 6.07) is 9.83. The Morgan fingerprint density at radius 3 is 2.73 bits per heavy atom. The first kappa shape index (κ1) is 9.66. The normalized spacial score (nSPS) is 16.4. The van der Waals surface area contributed by atoms with Crippen molar-refractivity contribution in [3.05, 3.63) is 72.7 Å². The molecule has 1 aliphatic carbocycles. The summed E-state index contributed by atoms with van der Waals surface area (Å²) in [5.74, 6) is 0.907. The first-order valence-electron chi connectivity index (χ1n) is 5.01. The van der Waals surface area contributed by atoms with Crippen molar-refractivity contribution in [2.45, 2.75) is 0 Å². The van der Waals surface area contributed by atoms with E-state index in [2.05, 4.69) is 18.6 Å². The molecule has 0 spiro atoms. The molecule has 15 heavy (non-hydrogen) atoms. The van der Waals surface area contributed by atoms with Gasteiger partial charge in [-0.3, -0.25) is 0 Å². The summed E-state index contributed by atoms with van der Waals surface area (Å²) in [7, 11) is 0. The molecule has 0 aromatic heterocycles. The topological polar surface area (TPSA) is 9.23 Å². The fourth-order valence-electron chi connectivity index (χ4n) is 1.34. The van der Waals surface area contributed by atoms with Crippen LogP contribution >= 0.6 is 0 Å². The predicted molar refractivity (Wildman–Crippen MR) is 62.6 cm³/mol. The minimum absolute atomic E-state index is 0.605. The fraction of sp³-hybridized carbons (Fsp3) is 0.0714. The van der Waals surface area contributed by atoms with Crippen LogP contribution in [0.2, 0.25) is 0 Å². The molecule has 74 valence electrons. The zero-order valence-electron chi connectivity index (χ0n) is 8.47. The van der Waals surface area contributed by atoms with Crippen LogP contribution in [-0.4, -0.2) is 6.61 Å². The van der Waals surface area contributed by atoms with E-state index in [1.807, 2.05) is 48.6 Å². The highest BCUT2D eigenvalue weighted by atomic mass is 16.5. The van der Waals surface area contributed by atoms with E-state index in [0.717, 1.165) is 5.75 Å². The molecule has 0 saturated carbocycles. The quantitative estimate of drug-likeness (QED) is 0.675. The zero-order chi connectivity index (χ0) is 10.3. The molecule has 2 rings (SSSR count). The summed E-state index contributed by atoms with van der Waals surface area (Å²) in [6.07, 6.45) is 12.2. The zero-order valence-corrected chi connectivity index (χ0v) is 8.47. The van der Waals surface area contributed by atoms with Gasteiger partial charge in [-0.05, 0) is 12.1 Å². The van der Waals surface area contributed by atoms with Crippen molar-refractivity contribution in [2.75, 3.05) is 6.61 Å². The van der Waals surface area contributed by atoms with Gasteiger partial charge in [0.05, 0.1) is 5.57 Å². The minimum Gasteiger partial charge on any atom is -0.479 e. The number of hydrogen-bond acceptors (Lipinski definition) is 1. The van der Waals surface area contributed by atoms with Crippen LogP contribution in [0.4, 0.5) is 0 Å². The summed E-state index contributed by atoms with van der Waals surface area (Å²) in [4.78, 5) is 0. The predicted octanol–water partition coefficient (Wildman–Crippen LogP) is 3.32. The summed E-state index contributed by atoms with van der Waals surface area (Å²) >= 11 is 0. The third-order valence-electron chi connectivity index (χ3n) is 2.11. The van der Waals surface area contributed by atoms with E-state index >= 15 is 0 Å². The minimum atomic E-state index is 0.605. The van der Waals surface area contributed by atoms with Gasteiger partial charge in [-0.2, -0.15) is 0 Å². The van der Waals surface area contributed by atoms with Crippen molar-refractivity contribution < 1.29 is 4.74 Å². The van der Waals surface area contributed by atoms with Gasteiger partial charge in [-0.15, -0.1) is 0 Å². The van der Waals surface area contributed by atoms with Crippen LogP contribution in [0, 0.1) is 6.42 Å². The SMILES string of the molecule is C1=C[CH+]/C(=C/COc2ccccc2)C=C1. The molecule has 1 aliphatic rings. The van der Waals surface area contributed by atoms with Crippen molar-refractivity contribution in [2.24, 2.45) is 0 Å². The average molecular weight is 197 g/mol. The van der Waals surface area contributed by atoms with Crippen LogP contribution in [0.5, 0.6) is 5.75 Å². The standard InChI is InChI=1S/C14H13O/c1-3-7-13(8-4-1)11-12-15-14-9-5-2-6-10-14/h1-11H,12H2/q+1. The second-order valence-electron chi connectivity index (χ2n) is 3.24. The fourth-order valence-corrected chi connectivity index (χ4v) is 1.34. The third-order valence-corrected chi connectivity index (χ3v) is 2.11. The molecule has 0 atom stereocenters. The van der Waals surface area contributed by atoms with Gasteiger partial charge in [0, 0.05) is 36.8 Å². The van der Waals surface area contributed by atoms with Gasteiger partial charge < -0.3 is 4.74 Å². The molecule has 0 heterocycles. The van der Waals surface area contributed by atoms with Crippen molar-refractivity contribution in [3.63, 3.8) is 0 Å². The van der Waals surface area contributed by atoms with E-state index < -0.39 is 0 Å². The number of benzene rings is 1. The molecule has 0 unspecified atom stereocenters. The lowest BCUT2D eigenvalue weighted by Gasteiger charge is -2.01. The summed E-state index contributed by atoms with van der Waals surface area (Å²) in [5.41, 5.74) is 1.19. The second kappa shape index (κ2) is 5.11. The monoisotopic (exact) mass is 197 g/mol. The number of hydrogen-bond donors (Lipinski definition) is 0. The molecular weight excluding hydrogens is 184 g/mol. The Kier molecular flexibility index (Phi) is 3.29. The maximum absolute atomic E-state index is 5.55. The van der Waals surface area contributed by atoms with Gasteiger partial charge in [0.25, 0.3) is 0 Å². The van der Waals surface area contributed by atoms with E-state index in [1.54, 1.807) is 0 Å². The Morgan fingerprint density at radius 2 is 2.00 bits per heavy atom. The van der Waals surface area contributed by atoms with Gasteiger partial charge in [0.2, 0.25) is 0 Å². The summed E-state index contributed by atoms with van der Waals surface area (Å²) in [6.45, 7) is 0.605. The lowest BCUT2D eigenvalue weighted by molar-refractivity contribution is 0.362. The number of allylic oxidation sites excluding steroid dienone is 5. The number of rotatable bonds is 3. The average Bonchev–Trinajstić information content (AvgIpc) is 2.32. The Bertz CT molecular complexity index is 385. The maximum Gasteiger partial charge on any atom is 0.140 e. The van der Waals surface area contributed by atoms with Gasteiger partial charge in [-0.25, -0.2) is 0 Å². The summed E-state index contributed by atoms with van der Waals surface area (Å²) < 4.78 is 5.55. The Balaban J connectivity index is 1.84. The molecule has 0 bridgehead atoms. The van der Waals surface area contributed by atoms with Gasteiger partial charge in [0.1, 0.15) is 12.4 Å². The lowest BCUT2D eigenvalue weighted by Crippen LogP contribution is -1.95. The second-order valence-corrected chi connectivity index (χ2v) is 3.24. The number of ether oxygens (including phenoxy) is 1. The van der Waals surface area contributed by atoms with Gasteiger partial charge >= 0.3 is 0 Å². The molecule has 0 fully saturated rings. The largest absolute Gasteiger partial charge is 0.479 e. The van der Waals surface area contributed by atoms with Crippen LogP contribution in [0.3, 0.4) is 0 Å². The molecule has 1 nitrogen and oxygen atoms in total. The highest BCUT2D eigenvalue weighted by molar-refractivity contribution is 5.38. The molecule has 0 radical (unpaired) electrons. The third kappa shape index (κ3) is 3.06. The van der Waals surface area contributed by atoms with Crippen molar-refractivity contribution in [1.29, 1.82) is 0 Å². The molecule has 0 aliphatic heterocycles. The van der Waals surface area contributed by atoms with E-state index in [4.69, 9.17) is 4.74 Å². The summed E-state index contributed by atoms with van der Waals surface area (Å²) in [5, 5.41) is 0. The van der Waals surface area contributed by atoms with Crippen LogP contribution < -0.4 is 4.74 Å². The van der Waals surface area contributed by atoms with Crippen molar-refractivity contribution >= 4 is 0 Å². The molecule has 1 heteroatoms. The Hall–Kier alpha value is -1.89. The van der Waals surface area contributed by atoms with Crippen LogP contribution in [0.1, 0.15) is 0 Å². The Morgan fingerprint density at radius 1 is 1.13 bits per heavy atom. The van der Waals surface area contributed by atoms with Crippen LogP contribution in [0.25, 0.3) is 0 Å². The molecule has 1 aromatic rings. The smallest absolute Gasteiger partial charge is 0.140 e. The van der Waals surface area contributed by atoms with Crippen LogP contribution in [0.15, 0.2) is 66.3 Å². The highest BCUT2D eigenvalue weighted by Crippen LogP contribution is 2.11.